The van der Waals surface area contributed by atoms with Crippen LogP contribution in [0.5, 0.6) is 0 Å². The van der Waals surface area contributed by atoms with Gasteiger partial charge >= 0.3 is 0 Å². The average molecular weight is 559 g/mol. The lowest BCUT2D eigenvalue weighted by molar-refractivity contribution is 0.0177. The molecule has 2 atom stereocenters. The summed E-state index contributed by atoms with van der Waals surface area (Å²) in [6.07, 6.45) is 0. The normalized spacial score (nSPS) is 18.0. The molecule has 0 bridgehead atoms. The maximum Gasteiger partial charge on any atom is 0.191 e. The SMILES string of the molecule is CCNC(=NCC(C)(O)c1ccccc1)NCC(c1ccc(C)s1)N1CCOCC1.I. The van der Waals surface area contributed by atoms with Gasteiger partial charge in [0.05, 0.1) is 25.8 Å². The van der Waals surface area contributed by atoms with E-state index in [1.165, 1.54) is 9.75 Å². The molecule has 8 heteroatoms. The third-order valence-electron chi connectivity index (χ3n) is 5.32. The number of nitrogens with zero attached hydrogens (tertiary/aromatic N) is 2. The fraction of sp³-hybridized carbons (Fsp3) is 0.522. The van der Waals surface area contributed by atoms with Crippen LogP contribution in [0.2, 0.25) is 0 Å². The summed E-state index contributed by atoms with van der Waals surface area (Å²) in [6, 6.07) is 14.4. The molecule has 172 valence electrons. The molecule has 1 aliphatic rings. The first-order chi connectivity index (χ1) is 14.5. The summed E-state index contributed by atoms with van der Waals surface area (Å²) in [5.41, 5.74) is -0.150. The molecule has 1 fully saturated rings. The van der Waals surface area contributed by atoms with Gasteiger partial charge < -0.3 is 20.5 Å². The van der Waals surface area contributed by atoms with Crippen molar-refractivity contribution in [1.29, 1.82) is 0 Å². The van der Waals surface area contributed by atoms with E-state index in [-0.39, 0.29) is 36.6 Å². The van der Waals surface area contributed by atoms with Crippen LogP contribution in [0.25, 0.3) is 0 Å². The van der Waals surface area contributed by atoms with E-state index in [4.69, 9.17) is 4.74 Å². The lowest BCUT2D eigenvalue weighted by Crippen LogP contribution is -2.46. The quantitative estimate of drug-likeness (QED) is 0.263. The molecular weight excluding hydrogens is 523 g/mol. The van der Waals surface area contributed by atoms with Gasteiger partial charge in [-0.2, -0.15) is 0 Å². The van der Waals surface area contributed by atoms with Gasteiger partial charge in [0, 0.05) is 35.9 Å². The molecule has 3 rings (SSSR count). The molecule has 1 aromatic heterocycles. The Morgan fingerprint density at radius 3 is 2.52 bits per heavy atom. The van der Waals surface area contributed by atoms with E-state index in [1.807, 2.05) is 41.7 Å². The van der Waals surface area contributed by atoms with Gasteiger partial charge in [-0.25, -0.2) is 4.99 Å². The Balaban J connectivity index is 0.00000341. The van der Waals surface area contributed by atoms with Crippen molar-refractivity contribution in [3.8, 4) is 0 Å². The summed E-state index contributed by atoms with van der Waals surface area (Å²) < 4.78 is 5.55. The molecule has 31 heavy (non-hydrogen) atoms. The predicted molar refractivity (Wildman–Crippen MR) is 140 cm³/mol. The topological polar surface area (TPSA) is 69.1 Å². The Hall–Kier alpha value is -1.20. The van der Waals surface area contributed by atoms with Gasteiger partial charge in [0.25, 0.3) is 0 Å². The number of hydrogen-bond acceptors (Lipinski definition) is 5. The lowest BCUT2D eigenvalue weighted by Gasteiger charge is -2.34. The second-order valence-electron chi connectivity index (χ2n) is 7.83. The second kappa shape index (κ2) is 12.7. The number of benzene rings is 1. The molecule has 2 aromatic rings. The van der Waals surface area contributed by atoms with Gasteiger partial charge in [-0.1, -0.05) is 30.3 Å². The first kappa shape index (κ1) is 26.1. The predicted octanol–water partition coefficient (Wildman–Crippen LogP) is 3.51. The highest BCUT2D eigenvalue weighted by Crippen LogP contribution is 2.28. The maximum atomic E-state index is 10.9. The van der Waals surface area contributed by atoms with E-state index >= 15 is 0 Å². The molecular formula is C23H35IN4O2S. The first-order valence-corrected chi connectivity index (χ1v) is 11.5. The van der Waals surface area contributed by atoms with Crippen LogP contribution in [0.4, 0.5) is 0 Å². The van der Waals surface area contributed by atoms with E-state index in [9.17, 15) is 5.11 Å². The number of aryl methyl sites for hydroxylation is 1. The minimum Gasteiger partial charge on any atom is -0.384 e. The summed E-state index contributed by atoms with van der Waals surface area (Å²) in [6.45, 7) is 11.2. The minimum atomic E-state index is -1.02. The van der Waals surface area contributed by atoms with Crippen LogP contribution in [0.1, 0.15) is 35.2 Å². The number of ether oxygens (including phenoxy) is 1. The zero-order chi connectivity index (χ0) is 21.4. The van der Waals surface area contributed by atoms with Crippen molar-refractivity contribution in [2.45, 2.75) is 32.4 Å². The highest BCUT2D eigenvalue weighted by atomic mass is 127. The van der Waals surface area contributed by atoms with Gasteiger partial charge in [-0.3, -0.25) is 4.90 Å². The average Bonchev–Trinajstić information content (AvgIpc) is 3.19. The van der Waals surface area contributed by atoms with Gasteiger partial charge in [-0.15, -0.1) is 35.3 Å². The molecule has 1 saturated heterocycles. The van der Waals surface area contributed by atoms with Gasteiger partial charge in [0.2, 0.25) is 0 Å². The molecule has 0 radical (unpaired) electrons. The van der Waals surface area contributed by atoms with Crippen LogP contribution in [-0.4, -0.2) is 61.9 Å². The summed E-state index contributed by atoms with van der Waals surface area (Å²) in [4.78, 5) is 9.84. The van der Waals surface area contributed by atoms with Crippen LogP contribution < -0.4 is 10.6 Å². The molecule has 1 aliphatic heterocycles. The third kappa shape index (κ3) is 7.71. The standard InChI is InChI=1S/C23H34N4O2S.HI/c1-4-24-22(26-17-23(3,28)19-8-6-5-7-9-19)25-16-20(21-11-10-18(2)30-21)27-12-14-29-15-13-27;/h5-11,20,28H,4,12-17H2,1-3H3,(H2,24,25,26);1H. The number of halogens is 1. The van der Waals surface area contributed by atoms with Gasteiger partial charge in [-0.05, 0) is 38.5 Å². The lowest BCUT2D eigenvalue weighted by atomic mass is 9.96. The van der Waals surface area contributed by atoms with Crippen molar-refractivity contribution in [1.82, 2.24) is 15.5 Å². The zero-order valence-electron chi connectivity index (χ0n) is 18.6. The number of rotatable bonds is 8. The monoisotopic (exact) mass is 558 g/mol. The molecule has 2 unspecified atom stereocenters. The van der Waals surface area contributed by atoms with Crippen molar-refractivity contribution in [2.75, 3.05) is 45.9 Å². The van der Waals surface area contributed by atoms with Crippen LogP contribution in [0.15, 0.2) is 47.5 Å². The molecule has 1 aromatic carbocycles. The van der Waals surface area contributed by atoms with Crippen LogP contribution >= 0.6 is 35.3 Å². The van der Waals surface area contributed by atoms with E-state index < -0.39 is 5.60 Å². The van der Waals surface area contributed by atoms with E-state index in [2.05, 4.69) is 46.5 Å². The number of aliphatic imine (C=N–C) groups is 1. The first-order valence-electron chi connectivity index (χ1n) is 10.7. The Morgan fingerprint density at radius 2 is 1.90 bits per heavy atom. The number of aliphatic hydroxyl groups is 1. The van der Waals surface area contributed by atoms with Gasteiger partial charge in [0.1, 0.15) is 5.60 Å². The fourth-order valence-corrected chi connectivity index (χ4v) is 4.60. The Labute approximate surface area is 207 Å². The second-order valence-corrected chi connectivity index (χ2v) is 9.15. The fourth-order valence-electron chi connectivity index (χ4n) is 3.59. The smallest absolute Gasteiger partial charge is 0.191 e. The number of hydrogen-bond donors (Lipinski definition) is 3. The van der Waals surface area contributed by atoms with Crippen LogP contribution in [0.3, 0.4) is 0 Å². The van der Waals surface area contributed by atoms with Crippen molar-refractivity contribution < 1.29 is 9.84 Å². The van der Waals surface area contributed by atoms with E-state index in [0.717, 1.165) is 50.9 Å². The highest BCUT2D eigenvalue weighted by molar-refractivity contribution is 14.0. The number of guanidine groups is 1. The Kier molecular flexibility index (Phi) is 10.7. The molecule has 0 aliphatic carbocycles. The maximum absolute atomic E-state index is 10.9. The molecule has 6 nitrogen and oxygen atoms in total. The largest absolute Gasteiger partial charge is 0.384 e. The molecule has 0 saturated carbocycles. The number of thiophene rings is 1. The Bertz CT molecular complexity index is 807. The minimum absolute atomic E-state index is 0. The number of morpholine rings is 1. The van der Waals surface area contributed by atoms with Crippen LogP contribution in [0, 0.1) is 6.92 Å². The van der Waals surface area contributed by atoms with E-state index in [1.54, 1.807) is 6.92 Å². The van der Waals surface area contributed by atoms with E-state index in [0.29, 0.717) is 0 Å². The summed E-state index contributed by atoms with van der Waals surface area (Å²) in [7, 11) is 0. The zero-order valence-corrected chi connectivity index (χ0v) is 21.8. The summed E-state index contributed by atoms with van der Waals surface area (Å²) >= 11 is 1.85. The molecule has 0 spiro atoms. The highest BCUT2D eigenvalue weighted by Gasteiger charge is 2.25. The number of nitrogens with one attached hydrogen (secondary N) is 2. The third-order valence-corrected chi connectivity index (χ3v) is 6.43. The molecule has 2 heterocycles. The van der Waals surface area contributed by atoms with Crippen molar-refractivity contribution in [3.63, 3.8) is 0 Å². The summed E-state index contributed by atoms with van der Waals surface area (Å²) in [5.74, 6) is 0.722. The molecule has 3 N–H and O–H groups in total. The van der Waals surface area contributed by atoms with Gasteiger partial charge in [0.15, 0.2) is 5.96 Å². The van der Waals surface area contributed by atoms with Crippen molar-refractivity contribution in [2.24, 2.45) is 4.99 Å². The van der Waals surface area contributed by atoms with Crippen molar-refractivity contribution in [3.05, 3.63) is 57.8 Å². The summed E-state index contributed by atoms with van der Waals surface area (Å²) in [5, 5.41) is 17.7. The Morgan fingerprint density at radius 1 is 1.19 bits per heavy atom. The molecule has 0 amide bonds. The van der Waals surface area contributed by atoms with Crippen LogP contribution in [-0.2, 0) is 10.3 Å². The van der Waals surface area contributed by atoms with Crippen molar-refractivity contribution >= 4 is 41.3 Å².